The maximum absolute atomic E-state index is 13.8. The maximum atomic E-state index is 13.8. The van der Waals surface area contributed by atoms with Crippen LogP contribution < -0.4 is 24.5 Å². The minimum absolute atomic E-state index is 0.214. The number of hydrogen-bond acceptors (Lipinski definition) is 7. The lowest BCUT2D eigenvalue weighted by Crippen LogP contribution is -2.40. The summed E-state index contributed by atoms with van der Waals surface area (Å²) in [5.74, 6) is 0.0688. The zero-order valence-corrected chi connectivity index (χ0v) is 23.4. The average Bonchev–Trinajstić information content (AvgIpc) is 3.52. The molecule has 7 nitrogen and oxygen atoms in total. The molecule has 1 aromatic heterocycles. The first-order chi connectivity index (χ1) is 17.9. The number of hydrogen-bond donors (Lipinski definition) is 0. The highest BCUT2D eigenvalue weighted by Crippen LogP contribution is 2.37. The molecule has 0 saturated carbocycles. The normalized spacial score (nSPS) is 17.6. The van der Waals surface area contributed by atoms with Gasteiger partial charge in [0, 0.05) is 28.8 Å². The second-order valence-electron chi connectivity index (χ2n) is 8.97. The number of ether oxygens (including phenoxy) is 2. The zero-order valence-electron chi connectivity index (χ0n) is 21.0. The fourth-order valence-corrected chi connectivity index (χ4v) is 6.34. The van der Waals surface area contributed by atoms with E-state index in [4.69, 9.17) is 9.47 Å². The van der Waals surface area contributed by atoms with Crippen molar-refractivity contribution in [3.05, 3.63) is 89.0 Å². The fraction of sp³-hybridized carbons (Fsp3) is 0.321. The van der Waals surface area contributed by atoms with Gasteiger partial charge >= 0.3 is 5.97 Å². The number of nitrogens with zero attached hydrogens (tertiary/aromatic N) is 3. The number of allylic oxidation sites excluding steroid dienone is 1. The van der Waals surface area contributed by atoms with Crippen LogP contribution in [0.4, 0.5) is 5.69 Å². The van der Waals surface area contributed by atoms with E-state index in [0.29, 0.717) is 31.9 Å². The molecule has 0 spiro atoms. The Morgan fingerprint density at radius 1 is 1.19 bits per heavy atom. The highest BCUT2D eigenvalue weighted by Gasteiger charge is 2.35. The Labute approximate surface area is 227 Å². The lowest BCUT2D eigenvalue weighted by Gasteiger charge is -2.26. The Kier molecular flexibility index (Phi) is 7.35. The van der Waals surface area contributed by atoms with E-state index in [-0.39, 0.29) is 12.2 Å². The summed E-state index contributed by atoms with van der Waals surface area (Å²) in [6, 6.07) is 13.1. The Hall–Kier alpha value is -3.17. The summed E-state index contributed by atoms with van der Waals surface area (Å²) in [7, 11) is 1.57. The minimum atomic E-state index is -0.734. The molecule has 0 amide bonds. The predicted octanol–water partition coefficient (Wildman–Crippen LogP) is 4.17. The number of carbonyl (C=O) groups is 1. The molecule has 5 rings (SSSR count). The number of aromatic nitrogens is 1. The molecule has 0 radical (unpaired) electrons. The molecule has 192 valence electrons. The van der Waals surface area contributed by atoms with Gasteiger partial charge in [0.15, 0.2) is 4.80 Å². The second kappa shape index (κ2) is 10.7. The molecular weight excluding hydrogens is 554 g/mol. The molecule has 3 heterocycles. The smallest absolute Gasteiger partial charge is 0.338 e. The van der Waals surface area contributed by atoms with Gasteiger partial charge < -0.3 is 14.4 Å². The van der Waals surface area contributed by atoms with Crippen LogP contribution in [0.5, 0.6) is 5.75 Å². The van der Waals surface area contributed by atoms with Gasteiger partial charge in [-0.3, -0.25) is 9.36 Å². The highest BCUT2D eigenvalue weighted by molar-refractivity contribution is 9.10. The molecule has 37 heavy (non-hydrogen) atoms. The van der Waals surface area contributed by atoms with Crippen LogP contribution in [0.15, 0.2) is 68.0 Å². The van der Waals surface area contributed by atoms with Crippen molar-refractivity contribution >= 4 is 45.0 Å². The van der Waals surface area contributed by atoms with Gasteiger partial charge in [-0.05, 0) is 68.7 Å². The Morgan fingerprint density at radius 3 is 2.59 bits per heavy atom. The van der Waals surface area contributed by atoms with Crippen LogP contribution in [-0.4, -0.2) is 37.3 Å². The minimum Gasteiger partial charge on any atom is -0.496 e. The summed E-state index contributed by atoms with van der Waals surface area (Å²) in [6.45, 7) is 5.92. The topological polar surface area (TPSA) is 73.1 Å². The summed E-state index contributed by atoms with van der Waals surface area (Å²) in [4.78, 5) is 34.5. The molecule has 0 aliphatic carbocycles. The van der Waals surface area contributed by atoms with Crippen molar-refractivity contribution in [2.45, 2.75) is 32.7 Å². The van der Waals surface area contributed by atoms with Crippen molar-refractivity contribution < 1.29 is 14.3 Å². The van der Waals surface area contributed by atoms with Crippen LogP contribution in [-0.2, 0) is 9.53 Å². The molecule has 1 saturated heterocycles. The van der Waals surface area contributed by atoms with Gasteiger partial charge in [0.25, 0.3) is 5.56 Å². The van der Waals surface area contributed by atoms with Gasteiger partial charge in [-0.1, -0.05) is 39.4 Å². The van der Waals surface area contributed by atoms with Crippen molar-refractivity contribution in [1.82, 2.24) is 4.57 Å². The van der Waals surface area contributed by atoms with Crippen molar-refractivity contribution in [2.75, 3.05) is 31.7 Å². The van der Waals surface area contributed by atoms with Gasteiger partial charge in [-0.25, -0.2) is 9.79 Å². The number of anilines is 1. The van der Waals surface area contributed by atoms with Crippen LogP contribution in [0.2, 0.25) is 0 Å². The summed E-state index contributed by atoms with van der Waals surface area (Å²) in [5, 5.41) is 0. The number of carbonyl (C=O) groups excluding carboxylic acids is 1. The van der Waals surface area contributed by atoms with Crippen LogP contribution in [0.25, 0.3) is 6.08 Å². The highest BCUT2D eigenvalue weighted by atomic mass is 79.9. The van der Waals surface area contributed by atoms with Crippen LogP contribution in [0, 0.1) is 0 Å². The third-order valence-corrected chi connectivity index (χ3v) is 8.14. The number of benzene rings is 2. The average molecular weight is 583 g/mol. The lowest BCUT2D eigenvalue weighted by molar-refractivity contribution is -0.139. The number of thiazole rings is 1. The van der Waals surface area contributed by atoms with Gasteiger partial charge in [0.1, 0.15) is 11.8 Å². The first kappa shape index (κ1) is 25.5. The van der Waals surface area contributed by atoms with Crippen LogP contribution in [0.1, 0.15) is 43.9 Å². The molecule has 0 unspecified atom stereocenters. The van der Waals surface area contributed by atoms with E-state index in [2.05, 4.69) is 38.0 Å². The largest absolute Gasteiger partial charge is 0.496 e. The molecule has 2 aliphatic heterocycles. The van der Waals surface area contributed by atoms with E-state index in [1.54, 1.807) is 25.5 Å². The summed E-state index contributed by atoms with van der Waals surface area (Å²) >= 11 is 4.84. The molecular formula is C28H28BrN3O4S. The molecule has 1 fully saturated rings. The van der Waals surface area contributed by atoms with Crippen molar-refractivity contribution in [3.63, 3.8) is 0 Å². The standard InChI is InChI=1S/C28H28BrN3O4S/c1-4-36-27(34)24-17(2)30-28-32(25(24)21-16-19(29)9-12-22(21)35-3)26(33)23(37-28)15-18-7-10-20(11-8-18)31-13-5-6-14-31/h7-12,15-16,25H,4-6,13-14H2,1-3H3/b23-15-/t25-/m1/s1. The molecule has 1 atom stereocenters. The lowest BCUT2D eigenvalue weighted by atomic mass is 9.95. The van der Waals surface area contributed by atoms with E-state index >= 15 is 0 Å². The Morgan fingerprint density at radius 2 is 1.92 bits per heavy atom. The van der Waals surface area contributed by atoms with Gasteiger partial charge in [-0.15, -0.1) is 0 Å². The number of fused-ring (bicyclic) bond motifs is 1. The van der Waals surface area contributed by atoms with E-state index in [9.17, 15) is 9.59 Å². The van der Waals surface area contributed by atoms with E-state index < -0.39 is 12.0 Å². The maximum Gasteiger partial charge on any atom is 0.338 e. The van der Waals surface area contributed by atoms with Crippen molar-refractivity contribution in [2.24, 2.45) is 4.99 Å². The molecule has 2 aliphatic rings. The van der Waals surface area contributed by atoms with Gasteiger partial charge in [-0.2, -0.15) is 0 Å². The Bertz CT molecular complexity index is 1550. The van der Waals surface area contributed by atoms with Gasteiger partial charge in [0.05, 0.1) is 29.5 Å². The monoisotopic (exact) mass is 581 g/mol. The Balaban J connectivity index is 1.65. The van der Waals surface area contributed by atoms with Crippen molar-refractivity contribution in [1.29, 1.82) is 0 Å². The zero-order chi connectivity index (χ0) is 26.1. The molecule has 0 N–H and O–H groups in total. The summed E-state index contributed by atoms with van der Waals surface area (Å²) in [6.07, 6.45) is 4.33. The van der Waals surface area contributed by atoms with Gasteiger partial charge in [0.2, 0.25) is 0 Å². The molecule has 2 aromatic carbocycles. The molecule has 0 bridgehead atoms. The number of methoxy groups -OCH3 is 1. The van der Waals surface area contributed by atoms with E-state index in [1.165, 1.54) is 29.9 Å². The van der Waals surface area contributed by atoms with Crippen LogP contribution in [0.3, 0.4) is 0 Å². The summed E-state index contributed by atoms with van der Waals surface area (Å²) in [5.41, 5.74) is 3.45. The number of esters is 1. The number of rotatable bonds is 6. The van der Waals surface area contributed by atoms with Crippen molar-refractivity contribution in [3.8, 4) is 5.75 Å². The first-order valence-corrected chi connectivity index (χ1v) is 13.9. The third-order valence-electron chi connectivity index (χ3n) is 6.67. The third kappa shape index (κ3) is 4.90. The van der Waals surface area contributed by atoms with E-state index in [1.807, 2.05) is 36.4 Å². The number of halogens is 1. The molecule has 9 heteroatoms. The first-order valence-electron chi connectivity index (χ1n) is 12.3. The predicted molar refractivity (Wildman–Crippen MR) is 149 cm³/mol. The summed E-state index contributed by atoms with van der Waals surface area (Å²) < 4.78 is 14.0. The fourth-order valence-electron chi connectivity index (χ4n) is 4.91. The SMILES string of the molecule is CCOC(=O)C1=C(C)N=c2s/c(=C\c3ccc(N4CCCC4)cc3)c(=O)n2[C@@H]1c1cc(Br)ccc1OC. The quantitative estimate of drug-likeness (QED) is 0.408. The molecule has 3 aromatic rings. The van der Waals surface area contributed by atoms with E-state index in [0.717, 1.165) is 23.1 Å². The second-order valence-corrected chi connectivity index (χ2v) is 10.9. The van der Waals surface area contributed by atoms with Crippen LogP contribution >= 0.6 is 27.3 Å².